The molecule has 0 aromatic heterocycles. The van der Waals surface area contributed by atoms with E-state index >= 15 is 0 Å². The Hall–Kier alpha value is -2.28. The monoisotopic (exact) mass is 542 g/mol. The van der Waals surface area contributed by atoms with Gasteiger partial charge < -0.3 is 14.4 Å². The number of amides is 1. The van der Waals surface area contributed by atoms with Crippen LogP contribution in [-0.4, -0.2) is 66.9 Å². The lowest BCUT2D eigenvalue weighted by Gasteiger charge is -2.60. The molecule has 4 aliphatic rings. The average Bonchev–Trinajstić information content (AvgIpc) is 3.22. The van der Waals surface area contributed by atoms with Crippen LogP contribution in [0.4, 0.5) is 0 Å². The fourth-order valence-corrected chi connectivity index (χ4v) is 8.08. The van der Waals surface area contributed by atoms with Gasteiger partial charge in [-0.2, -0.15) is 0 Å². The van der Waals surface area contributed by atoms with Gasteiger partial charge in [0.25, 0.3) is 0 Å². The SMILES string of the molecule is COc1ccc2c3c1O[C@H]1[C@H](N(C)C(=O)Cc4ccc(Cl)c(Cl)c4)CC[C@H]4[C@@H](C2)N(CC(C)=O)CC[C@@]341. The summed E-state index contributed by atoms with van der Waals surface area (Å²) in [6, 6.07) is 9.77. The molecule has 2 aliphatic heterocycles. The second kappa shape index (κ2) is 9.18. The number of ketones is 1. The first kappa shape index (κ1) is 25.0. The highest BCUT2D eigenvalue weighted by molar-refractivity contribution is 6.42. The van der Waals surface area contributed by atoms with Crippen molar-refractivity contribution in [3.8, 4) is 11.5 Å². The van der Waals surface area contributed by atoms with E-state index in [1.807, 2.05) is 24.1 Å². The van der Waals surface area contributed by atoms with Crippen molar-refractivity contribution < 1.29 is 19.1 Å². The molecule has 2 aliphatic carbocycles. The van der Waals surface area contributed by atoms with Crippen molar-refractivity contribution in [1.29, 1.82) is 0 Å². The lowest BCUT2D eigenvalue weighted by Crippen LogP contribution is -2.69. The Labute approximate surface area is 227 Å². The number of nitrogens with zero attached hydrogens (tertiary/aromatic N) is 2. The van der Waals surface area contributed by atoms with E-state index < -0.39 is 0 Å². The van der Waals surface area contributed by atoms with Crippen LogP contribution in [0.15, 0.2) is 30.3 Å². The maximum Gasteiger partial charge on any atom is 0.227 e. The zero-order chi connectivity index (χ0) is 26.1. The molecule has 2 aromatic rings. The molecule has 2 bridgehead atoms. The summed E-state index contributed by atoms with van der Waals surface area (Å²) < 4.78 is 12.6. The molecule has 8 heteroatoms. The lowest BCUT2D eigenvalue weighted by atomic mass is 9.51. The largest absolute Gasteiger partial charge is 0.493 e. The van der Waals surface area contributed by atoms with Gasteiger partial charge in [-0.15, -0.1) is 0 Å². The topological polar surface area (TPSA) is 59.1 Å². The molecule has 196 valence electrons. The first-order valence-corrected chi connectivity index (χ1v) is 13.8. The summed E-state index contributed by atoms with van der Waals surface area (Å²) in [5.74, 6) is 2.23. The zero-order valence-corrected chi connectivity index (χ0v) is 22.9. The molecule has 5 atom stereocenters. The quantitative estimate of drug-likeness (QED) is 0.529. The summed E-state index contributed by atoms with van der Waals surface area (Å²) in [5, 5.41) is 0.933. The molecule has 0 unspecified atom stereocenters. The third-order valence-corrected chi connectivity index (χ3v) is 10.0. The van der Waals surface area contributed by atoms with Crippen LogP contribution in [0.2, 0.25) is 10.0 Å². The van der Waals surface area contributed by atoms with Crippen molar-refractivity contribution in [1.82, 2.24) is 9.80 Å². The number of likely N-dealkylation sites (tertiary alicyclic amines) is 1. The van der Waals surface area contributed by atoms with E-state index in [1.165, 1.54) is 11.1 Å². The number of benzene rings is 2. The molecule has 6 nitrogen and oxygen atoms in total. The summed E-state index contributed by atoms with van der Waals surface area (Å²) in [6.07, 6.45) is 3.77. The number of piperidine rings is 1. The Balaban J connectivity index is 1.36. The first-order chi connectivity index (χ1) is 17.7. The summed E-state index contributed by atoms with van der Waals surface area (Å²) in [7, 11) is 3.58. The fraction of sp³-hybridized carbons (Fsp3) is 0.517. The molecule has 37 heavy (non-hydrogen) atoms. The third-order valence-electron chi connectivity index (χ3n) is 9.26. The van der Waals surface area contributed by atoms with Gasteiger partial charge in [0.1, 0.15) is 11.9 Å². The molecule has 1 saturated carbocycles. The molecule has 6 rings (SSSR count). The maximum absolute atomic E-state index is 13.5. The molecular formula is C29H32Cl2N2O4. The van der Waals surface area contributed by atoms with Gasteiger partial charge in [-0.3, -0.25) is 14.5 Å². The van der Waals surface area contributed by atoms with Crippen LogP contribution in [0.5, 0.6) is 11.5 Å². The molecule has 1 amide bonds. The Kier molecular flexibility index (Phi) is 6.21. The summed E-state index contributed by atoms with van der Waals surface area (Å²) >= 11 is 12.3. The Bertz CT molecular complexity index is 1280. The average molecular weight is 543 g/mol. The summed E-state index contributed by atoms with van der Waals surface area (Å²) in [4.78, 5) is 29.9. The highest BCUT2D eigenvalue weighted by Crippen LogP contribution is 2.64. The van der Waals surface area contributed by atoms with Gasteiger partial charge in [-0.25, -0.2) is 0 Å². The van der Waals surface area contributed by atoms with E-state index in [9.17, 15) is 9.59 Å². The van der Waals surface area contributed by atoms with Crippen molar-refractivity contribution in [2.45, 2.75) is 62.6 Å². The van der Waals surface area contributed by atoms with Crippen LogP contribution in [0.3, 0.4) is 0 Å². The van der Waals surface area contributed by atoms with Crippen molar-refractivity contribution in [3.05, 3.63) is 57.1 Å². The molecule has 2 fully saturated rings. The zero-order valence-electron chi connectivity index (χ0n) is 21.4. The van der Waals surface area contributed by atoms with E-state index in [4.69, 9.17) is 32.7 Å². The number of hydrogen-bond acceptors (Lipinski definition) is 5. The minimum atomic E-state index is -0.184. The van der Waals surface area contributed by atoms with Gasteiger partial charge in [0.05, 0.1) is 36.2 Å². The van der Waals surface area contributed by atoms with E-state index in [0.717, 1.165) is 49.3 Å². The van der Waals surface area contributed by atoms with Gasteiger partial charge in [0.2, 0.25) is 5.91 Å². The molecule has 1 spiro atoms. The number of likely N-dealkylation sites (N-methyl/N-ethyl adjacent to an activating group) is 1. The molecule has 0 radical (unpaired) electrons. The second-order valence-electron chi connectivity index (χ2n) is 11.1. The van der Waals surface area contributed by atoms with Gasteiger partial charge in [-0.1, -0.05) is 35.3 Å². The number of ether oxygens (including phenoxy) is 2. The Morgan fingerprint density at radius 1 is 1.19 bits per heavy atom. The van der Waals surface area contributed by atoms with Crippen molar-refractivity contribution in [2.24, 2.45) is 5.92 Å². The van der Waals surface area contributed by atoms with Crippen molar-refractivity contribution >= 4 is 34.9 Å². The van der Waals surface area contributed by atoms with Crippen LogP contribution in [-0.2, 0) is 27.8 Å². The standard InChI is InChI=1S/C29H32Cl2N2O4/c1-16(34)15-33-11-10-29-19-6-8-22(32(2)25(35)13-17-4-7-20(30)21(31)12-17)28(29)37-27-24(36-3)9-5-18(26(27)29)14-23(19)33/h4-5,7,9,12,19,22-23,28H,6,8,10-11,13-15H2,1-3H3/t19-,22+,23+,28-,29-/m0/s1. The number of Topliss-reactive ketones (excluding diaryl/α,β-unsaturated/α-hetero) is 1. The van der Waals surface area contributed by atoms with Crippen molar-refractivity contribution in [3.63, 3.8) is 0 Å². The van der Waals surface area contributed by atoms with E-state index in [2.05, 4.69) is 11.0 Å². The minimum Gasteiger partial charge on any atom is -0.493 e. The molecule has 2 heterocycles. The van der Waals surface area contributed by atoms with E-state index in [1.54, 1.807) is 26.2 Å². The maximum atomic E-state index is 13.5. The van der Waals surface area contributed by atoms with Gasteiger partial charge >= 0.3 is 0 Å². The molecule has 2 aromatic carbocycles. The van der Waals surface area contributed by atoms with Crippen LogP contribution in [0, 0.1) is 5.92 Å². The van der Waals surface area contributed by atoms with Crippen LogP contribution in [0.25, 0.3) is 0 Å². The van der Waals surface area contributed by atoms with Crippen molar-refractivity contribution in [2.75, 3.05) is 27.2 Å². The van der Waals surface area contributed by atoms with E-state index in [-0.39, 0.29) is 35.7 Å². The highest BCUT2D eigenvalue weighted by atomic mass is 35.5. The number of hydrogen-bond donors (Lipinski definition) is 0. The second-order valence-corrected chi connectivity index (χ2v) is 11.9. The number of rotatable bonds is 6. The lowest BCUT2D eigenvalue weighted by molar-refractivity contribution is -0.140. The fourth-order valence-electron chi connectivity index (χ4n) is 7.76. The van der Waals surface area contributed by atoms with Gasteiger partial charge in [0, 0.05) is 24.1 Å². The summed E-state index contributed by atoms with van der Waals surface area (Å²) in [5.41, 5.74) is 3.23. The number of carbonyl (C=O) groups is 2. The smallest absolute Gasteiger partial charge is 0.227 e. The minimum absolute atomic E-state index is 0.0337. The number of halogens is 2. The normalized spacial score (nSPS) is 29.3. The Morgan fingerprint density at radius 2 is 2.00 bits per heavy atom. The molecule has 0 N–H and O–H groups in total. The van der Waals surface area contributed by atoms with Gasteiger partial charge in [-0.05, 0) is 74.4 Å². The van der Waals surface area contributed by atoms with Crippen LogP contribution >= 0.6 is 23.2 Å². The highest BCUT2D eigenvalue weighted by Gasteiger charge is 2.66. The summed E-state index contributed by atoms with van der Waals surface area (Å²) in [6.45, 7) is 3.02. The first-order valence-electron chi connectivity index (χ1n) is 13.0. The Morgan fingerprint density at radius 3 is 2.73 bits per heavy atom. The third kappa shape index (κ3) is 3.78. The number of carbonyl (C=O) groups excluding carboxylic acids is 2. The number of methoxy groups -OCH3 is 1. The van der Waals surface area contributed by atoms with Crippen LogP contribution < -0.4 is 9.47 Å². The molecule has 1 saturated heterocycles. The molecular weight excluding hydrogens is 511 g/mol. The van der Waals surface area contributed by atoms with E-state index in [0.29, 0.717) is 28.5 Å². The van der Waals surface area contributed by atoms with Gasteiger partial charge in [0.15, 0.2) is 11.5 Å². The van der Waals surface area contributed by atoms with Crippen LogP contribution in [0.1, 0.15) is 42.9 Å². The predicted octanol–water partition coefficient (Wildman–Crippen LogP) is 4.70. The predicted molar refractivity (Wildman–Crippen MR) is 143 cm³/mol.